The predicted molar refractivity (Wildman–Crippen MR) is 82.3 cm³/mol. The average molecular weight is 263 g/mol. The summed E-state index contributed by atoms with van der Waals surface area (Å²) < 4.78 is 0. The fraction of sp³-hybridized carbons (Fsp3) is 0.429. The lowest BCUT2D eigenvalue weighted by Gasteiger charge is -2.10. The maximum atomic E-state index is 5.09. The molecule has 0 bridgehead atoms. The van der Waals surface area contributed by atoms with Crippen LogP contribution in [-0.4, -0.2) is 17.4 Å². The van der Waals surface area contributed by atoms with Gasteiger partial charge in [0.2, 0.25) is 0 Å². The summed E-state index contributed by atoms with van der Waals surface area (Å²) in [5, 5.41) is 7.76. The van der Waals surface area contributed by atoms with Crippen LogP contribution in [0.3, 0.4) is 0 Å². The van der Waals surface area contributed by atoms with Gasteiger partial charge in [0.15, 0.2) is 5.11 Å². The highest BCUT2D eigenvalue weighted by Gasteiger charge is 2.00. The molecule has 3 nitrogen and oxygen atoms in total. The smallest absolute Gasteiger partial charge is 0.187 e. The van der Waals surface area contributed by atoms with Gasteiger partial charge < -0.3 is 5.32 Å². The zero-order chi connectivity index (χ0) is 13.7. The van der Waals surface area contributed by atoms with Gasteiger partial charge >= 0.3 is 0 Å². The Balaban J connectivity index is 2.68. The highest BCUT2D eigenvalue weighted by molar-refractivity contribution is 7.80. The van der Waals surface area contributed by atoms with E-state index in [1.807, 2.05) is 13.8 Å². The molecule has 0 fully saturated rings. The van der Waals surface area contributed by atoms with Crippen molar-refractivity contribution in [2.24, 2.45) is 5.10 Å². The minimum Gasteiger partial charge on any atom is -0.359 e. The van der Waals surface area contributed by atoms with Crippen molar-refractivity contribution in [3.63, 3.8) is 0 Å². The monoisotopic (exact) mass is 263 g/mol. The number of nitrogens with zero attached hydrogens (tertiary/aromatic N) is 1. The second-order valence-corrected chi connectivity index (χ2v) is 5.20. The van der Waals surface area contributed by atoms with Crippen molar-refractivity contribution in [2.45, 2.75) is 40.7 Å². The third kappa shape index (κ3) is 4.45. The molecule has 18 heavy (non-hydrogen) atoms. The van der Waals surface area contributed by atoms with Crippen molar-refractivity contribution in [3.05, 3.63) is 34.4 Å². The van der Waals surface area contributed by atoms with E-state index < -0.39 is 0 Å². The lowest BCUT2D eigenvalue weighted by molar-refractivity contribution is 0.720. The molecule has 1 rings (SSSR count). The Morgan fingerprint density at radius 1 is 1.17 bits per heavy atom. The number of nitrogens with one attached hydrogen (secondary N) is 2. The second-order valence-electron chi connectivity index (χ2n) is 4.79. The third-order valence-corrected chi connectivity index (χ3v) is 2.88. The molecule has 0 amide bonds. The van der Waals surface area contributed by atoms with Crippen molar-refractivity contribution in [1.29, 1.82) is 0 Å². The predicted octanol–water partition coefficient (Wildman–Crippen LogP) is 2.82. The van der Waals surface area contributed by atoms with Crippen LogP contribution in [0.25, 0.3) is 0 Å². The molecule has 2 N–H and O–H groups in total. The number of benzene rings is 1. The van der Waals surface area contributed by atoms with Crippen molar-refractivity contribution in [1.82, 2.24) is 10.7 Å². The van der Waals surface area contributed by atoms with Crippen LogP contribution >= 0.6 is 12.2 Å². The number of thiocarbonyl (C=S) groups is 1. The lowest BCUT2D eigenvalue weighted by Crippen LogP contribution is -2.36. The van der Waals surface area contributed by atoms with E-state index in [-0.39, 0.29) is 0 Å². The topological polar surface area (TPSA) is 36.4 Å². The quantitative estimate of drug-likeness (QED) is 0.500. The minimum absolute atomic E-state index is 0.309. The highest BCUT2D eigenvalue weighted by atomic mass is 32.1. The highest BCUT2D eigenvalue weighted by Crippen LogP contribution is 2.13. The molecule has 1 aromatic rings. The van der Waals surface area contributed by atoms with E-state index in [4.69, 9.17) is 12.2 Å². The van der Waals surface area contributed by atoms with E-state index in [1.165, 1.54) is 16.7 Å². The summed E-state index contributed by atoms with van der Waals surface area (Å²) in [6, 6.07) is 4.61. The molecular weight excluding hydrogens is 242 g/mol. The third-order valence-electron chi connectivity index (χ3n) is 2.67. The van der Waals surface area contributed by atoms with Gasteiger partial charge in [-0.1, -0.05) is 6.07 Å². The fourth-order valence-electron chi connectivity index (χ4n) is 1.58. The average Bonchev–Trinajstić information content (AvgIpc) is 2.24. The zero-order valence-corrected chi connectivity index (χ0v) is 12.5. The van der Waals surface area contributed by atoms with E-state index in [0.29, 0.717) is 11.2 Å². The van der Waals surface area contributed by atoms with Gasteiger partial charge in [0, 0.05) is 6.04 Å². The van der Waals surface area contributed by atoms with Gasteiger partial charge in [0.05, 0.1) is 6.21 Å². The Morgan fingerprint density at radius 3 is 2.39 bits per heavy atom. The first kappa shape index (κ1) is 14.6. The Kier molecular flexibility index (Phi) is 5.28. The Bertz CT molecular complexity index is 464. The minimum atomic E-state index is 0.309. The summed E-state index contributed by atoms with van der Waals surface area (Å²) in [7, 11) is 0. The number of hydrogen-bond donors (Lipinski definition) is 2. The van der Waals surface area contributed by atoms with Crippen molar-refractivity contribution in [2.75, 3.05) is 0 Å². The molecule has 0 aliphatic heterocycles. The molecule has 0 unspecified atom stereocenters. The first-order valence-corrected chi connectivity index (χ1v) is 6.48. The molecule has 0 heterocycles. The molecule has 0 atom stereocenters. The summed E-state index contributed by atoms with van der Waals surface area (Å²) in [6.45, 7) is 10.4. The van der Waals surface area contributed by atoms with Gasteiger partial charge in [-0.15, -0.1) is 0 Å². The molecule has 0 aliphatic carbocycles. The van der Waals surface area contributed by atoms with Crippen molar-refractivity contribution < 1.29 is 0 Å². The van der Waals surface area contributed by atoms with E-state index >= 15 is 0 Å². The second kappa shape index (κ2) is 6.50. The SMILES string of the molecule is Cc1cc(C)c(/C=N\NC(=S)NC(C)C)cc1C. The van der Waals surface area contributed by atoms with Gasteiger partial charge in [-0.25, -0.2) is 0 Å². The summed E-state index contributed by atoms with van der Waals surface area (Å²) >= 11 is 5.09. The summed E-state index contributed by atoms with van der Waals surface area (Å²) in [5.74, 6) is 0. The Labute approximate surface area is 115 Å². The van der Waals surface area contributed by atoms with Crippen LogP contribution in [0.4, 0.5) is 0 Å². The fourth-order valence-corrected chi connectivity index (χ4v) is 1.87. The van der Waals surface area contributed by atoms with Gasteiger partial charge in [-0.3, -0.25) is 5.43 Å². The summed E-state index contributed by atoms with van der Waals surface area (Å²) in [4.78, 5) is 0. The van der Waals surface area contributed by atoms with Gasteiger partial charge in [0.25, 0.3) is 0 Å². The van der Waals surface area contributed by atoms with Crippen LogP contribution in [0.1, 0.15) is 36.1 Å². The molecule has 98 valence electrons. The first-order chi connectivity index (χ1) is 8.40. The van der Waals surface area contributed by atoms with Crippen LogP contribution in [0, 0.1) is 20.8 Å². The standard InChI is InChI=1S/C14H21N3S/c1-9(2)16-14(18)17-15-8-13-7-11(4)10(3)6-12(13)5/h6-9H,1-5H3,(H2,16,17,18)/b15-8-. The number of hydrazone groups is 1. The van der Waals surface area contributed by atoms with E-state index in [9.17, 15) is 0 Å². The van der Waals surface area contributed by atoms with Crippen LogP contribution < -0.4 is 10.7 Å². The van der Waals surface area contributed by atoms with Crippen LogP contribution in [0.2, 0.25) is 0 Å². The maximum absolute atomic E-state index is 5.09. The summed E-state index contributed by atoms with van der Waals surface area (Å²) in [6.07, 6.45) is 1.80. The molecule has 4 heteroatoms. The normalized spacial score (nSPS) is 11.0. The van der Waals surface area contributed by atoms with Crippen molar-refractivity contribution in [3.8, 4) is 0 Å². The lowest BCUT2D eigenvalue weighted by atomic mass is 10.0. The Hall–Kier alpha value is -1.42. The van der Waals surface area contributed by atoms with Crippen molar-refractivity contribution >= 4 is 23.5 Å². The summed E-state index contributed by atoms with van der Waals surface area (Å²) in [5.41, 5.74) is 7.71. The van der Waals surface area contributed by atoms with Gasteiger partial charge in [0.1, 0.15) is 0 Å². The molecule has 0 saturated heterocycles. The number of hydrogen-bond acceptors (Lipinski definition) is 2. The molecular formula is C14H21N3S. The Morgan fingerprint density at radius 2 is 1.78 bits per heavy atom. The molecule has 0 aromatic heterocycles. The van der Waals surface area contributed by atoms with Crippen LogP contribution in [0.5, 0.6) is 0 Å². The van der Waals surface area contributed by atoms with E-state index in [1.54, 1.807) is 6.21 Å². The van der Waals surface area contributed by atoms with Crippen LogP contribution in [0.15, 0.2) is 17.2 Å². The van der Waals surface area contributed by atoms with E-state index in [0.717, 1.165) is 5.56 Å². The largest absolute Gasteiger partial charge is 0.359 e. The molecule has 0 radical (unpaired) electrons. The van der Waals surface area contributed by atoms with E-state index in [2.05, 4.69) is 48.7 Å². The van der Waals surface area contributed by atoms with Crippen LogP contribution in [-0.2, 0) is 0 Å². The van der Waals surface area contributed by atoms with Gasteiger partial charge in [-0.05, 0) is 75.2 Å². The number of aryl methyl sites for hydroxylation is 3. The first-order valence-electron chi connectivity index (χ1n) is 6.07. The number of rotatable bonds is 3. The van der Waals surface area contributed by atoms with Gasteiger partial charge in [-0.2, -0.15) is 5.10 Å². The molecule has 1 aromatic carbocycles. The molecule has 0 spiro atoms. The zero-order valence-electron chi connectivity index (χ0n) is 11.7. The molecule has 0 aliphatic rings. The maximum Gasteiger partial charge on any atom is 0.187 e. The molecule has 0 saturated carbocycles.